The summed E-state index contributed by atoms with van der Waals surface area (Å²) >= 11 is 0. The van der Waals surface area contributed by atoms with Crippen LogP contribution >= 0.6 is 0 Å². The van der Waals surface area contributed by atoms with Gasteiger partial charge in [-0.15, -0.1) is 0 Å². The Morgan fingerprint density at radius 2 is 1.07 bits per heavy atom. The zero-order chi connectivity index (χ0) is 36.7. The summed E-state index contributed by atoms with van der Waals surface area (Å²) < 4.78 is 15.3. The van der Waals surface area contributed by atoms with Crippen molar-refractivity contribution in [2.24, 2.45) is 0 Å². The van der Waals surface area contributed by atoms with Crippen LogP contribution in [0.4, 0.5) is 17.1 Å². The van der Waals surface area contributed by atoms with Crippen molar-refractivity contribution in [3.05, 3.63) is 194 Å². The summed E-state index contributed by atoms with van der Waals surface area (Å²) in [5.41, 5.74) is 13.0. The lowest BCUT2D eigenvalue weighted by Gasteiger charge is -2.33. The van der Waals surface area contributed by atoms with Gasteiger partial charge in [0.25, 0.3) is 0 Å². The van der Waals surface area contributed by atoms with Crippen molar-refractivity contribution >= 4 is 71.6 Å². The van der Waals surface area contributed by atoms with Gasteiger partial charge in [0.05, 0.1) is 22.4 Å². The van der Waals surface area contributed by atoms with Crippen molar-refractivity contribution in [1.29, 1.82) is 0 Å². The number of para-hydroxylation sites is 4. The molecule has 0 bridgehead atoms. The van der Waals surface area contributed by atoms with E-state index >= 15 is 0 Å². The fourth-order valence-corrected chi connectivity index (χ4v) is 8.70. The summed E-state index contributed by atoms with van der Waals surface area (Å²) in [5.74, 6) is 1.65. The van der Waals surface area contributed by atoms with Crippen LogP contribution in [0.15, 0.2) is 199 Å². The Morgan fingerprint density at radius 1 is 0.339 bits per heavy atom. The fraction of sp³-hybridized carbons (Fsp3) is 0. The van der Waals surface area contributed by atoms with Crippen molar-refractivity contribution in [2.75, 3.05) is 4.90 Å². The molecule has 0 aliphatic carbocycles. The molecule has 0 saturated carbocycles. The smallest absolute Gasteiger partial charge is 0.152 e. The first-order valence-electron chi connectivity index (χ1n) is 19.0. The second-order valence-electron chi connectivity index (χ2n) is 14.6. The third-order valence-corrected chi connectivity index (χ3v) is 11.3. The van der Waals surface area contributed by atoms with Gasteiger partial charge in [0.1, 0.15) is 11.2 Å². The van der Waals surface area contributed by atoms with Crippen molar-refractivity contribution in [3.63, 3.8) is 0 Å². The number of fused-ring (bicyclic) bond motifs is 9. The number of hydrogen-bond donors (Lipinski definition) is 0. The largest absolute Gasteiger partial charge is 0.456 e. The highest BCUT2D eigenvalue weighted by atomic mass is 16.5. The van der Waals surface area contributed by atoms with Crippen LogP contribution in [-0.4, -0.2) is 4.57 Å². The number of aromatic nitrogens is 1. The van der Waals surface area contributed by atoms with Gasteiger partial charge in [0.15, 0.2) is 11.5 Å². The van der Waals surface area contributed by atoms with Crippen LogP contribution < -0.4 is 9.64 Å². The van der Waals surface area contributed by atoms with Gasteiger partial charge in [-0.2, -0.15) is 0 Å². The molecule has 0 spiro atoms. The van der Waals surface area contributed by atoms with E-state index in [1.165, 1.54) is 32.8 Å². The second kappa shape index (κ2) is 12.0. The lowest BCUT2D eigenvalue weighted by atomic mass is 10.0. The van der Waals surface area contributed by atoms with E-state index in [0.717, 1.165) is 78.2 Å². The zero-order valence-electron chi connectivity index (χ0n) is 30.2. The highest BCUT2D eigenvalue weighted by Gasteiger charge is 2.26. The standard InChI is InChI=1S/C52H32N2O2/c1-2-11-33(12-3-1)34-13-10-14-39(27-34)54-47-18-7-9-20-50(47)56-52-31-37(23-26-48(52)54)35-22-25-46-43(29-35)41-15-4-6-17-45(41)53(46)40-24-21-36-30-44-42-16-5-8-19-49(42)55-51(44)32-38(36)28-40/h1-32H. The highest BCUT2D eigenvalue weighted by Crippen LogP contribution is 2.52. The molecule has 0 radical (unpaired) electrons. The highest BCUT2D eigenvalue weighted by molar-refractivity contribution is 6.12. The SMILES string of the molecule is c1ccc(-c2cccc(N3c4ccccc4Oc4cc(-c5ccc6c(c5)c5ccccc5n6-c5ccc6cc7c(cc6c5)oc5ccccc57)ccc43)c2)cc1. The van der Waals surface area contributed by atoms with Gasteiger partial charge < -0.3 is 18.6 Å². The van der Waals surface area contributed by atoms with Gasteiger partial charge in [-0.1, -0.05) is 109 Å². The summed E-state index contributed by atoms with van der Waals surface area (Å²) in [4.78, 5) is 2.31. The van der Waals surface area contributed by atoms with E-state index in [9.17, 15) is 0 Å². The van der Waals surface area contributed by atoms with Crippen LogP contribution in [-0.2, 0) is 0 Å². The average molecular weight is 717 g/mol. The minimum atomic E-state index is 0.823. The molecule has 1 aliphatic rings. The van der Waals surface area contributed by atoms with Gasteiger partial charge in [0.2, 0.25) is 0 Å². The molecule has 0 amide bonds. The van der Waals surface area contributed by atoms with E-state index in [4.69, 9.17) is 9.15 Å². The number of hydrogen-bond acceptors (Lipinski definition) is 3. The first-order valence-corrected chi connectivity index (χ1v) is 19.0. The van der Waals surface area contributed by atoms with E-state index in [1.54, 1.807) is 0 Å². The molecule has 0 N–H and O–H groups in total. The Balaban J connectivity index is 0.966. The van der Waals surface area contributed by atoms with Crippen molar-refractivity contribution in [2.45, 2.75) is 0 Å². The molecule has 1 aliphatic heterocycles. The van der Waals surface area contributed by atoms with E-state index in [2.05, 4.69) is 179 Å². The van der Waals surface area contributed by atoms with Crippen LogP contribution in [0.2, 0.25) is 0 Å². The van der Waals surface area contributed by atoms with E-state index in [1.807, 2.05) is 24.3 Å². The average Bonchev–Trinajstić information content (AvgIpc) is 3.79. The number of anilines is 3. The molecular formula is C52H32N2O2. The first-order chi connectivity index (χ1) is 27.7. The lowest BCUT2D eigenvalue weighted by Crippen LogP contribution is -2.15. The Hall–Kier alpha value is -7.56. The van der Waals surface area contributed by atoms with Gasteiger partial charge in [0, 0.05) is 32.9 Å². The molecule has 12 rings (SSSR count). The molecule has 262 valence electrons. The molecule has 0 fully saturated rings. The lowest BCUT2D eigenvalue weighted by molar-refractivity contribution is 0.477. The number of furan rings is 1. The van der Waals surface area contributed by atoms with Crippen LogP contribution in [0.3, 0.4) is 0 Å². The summed E-state index contributed by atoms with van der Waals surface area (Å²) in [5, 5.41) is 7.04. The molecule has 2 aromatic heterocycles. The maximum absolute atomic E-state index is 6.65. The molecule has 4 nitrogen and oxygen atoms in total. The maximum Gasteiger partial charge on any atom is 0.152 e. The normalized spacial score (nSPS) is 12.4. The zero-order valence-corrected chi connectivity index (χ0v) is 30.2. The minimum Gasteiger partial charge on any atom is -0.456 e. The van der Waals surface area contributed by atoms with E-state index in [-0.39, 0.29) is 0 Å². The summed E-state index contributed by atoms with van der Waals surface area (Å²) in [6.45, 7) is 0. The van der Waals surface area contributed by atoms with Crippen molar-refractivity contribution in [3.8, 4) is 39.4 Å². The Kier molecular flexibility index (Phi) is 6.60. The summed E-state index contributed by atoms with van der Waals surface area (Å²) in [7, 11) is 0. The molecule has 4 heteroatoms. The molecule has 11 aromatic rings. The van der Waals surface area contributed by atoms with Gasteiger partial charge >= 0.3 is 0 Å². The molecule has 0 unspecified atom stereocenters. The van der Waals surface area contributed by atoms with Crippen LogP contribution in [0, 0.1) is 0 Å². The molecular weight excluding hydrogens is 685 g/mol. The number of nitrogens with zero attached hydrogens (tertiary/aromatic N) is 2. The third-order valence-electron chi connectivity index (χ3n) is 11.3. The summed E-state index contributed by atoms with van der Waals surface area (Å²) in [6.07, 6.45) is 0. The van der Waals surface area contributed by atoms with Gasteiger partial charge in [-0.05, 0) is 118 Å². The monoisotopic (exact) mass is 716 g/mol. The number of ether oxygens (including phenoxy) is 1. The first kappa shape index (κ1) is 30.9. The Labute approximate surface area is 322 Å². The van der Waals surface area contributed by atoms with Crippen LogP contribution in [0.5, 0.6) is 11.5 Å². The quantitative estimate of drug-likeness (QED) is 0.182. The molecule has 0 atom stereocenters. The Morgan fingerprint density at radius 3 is 2.02 bits per heavy atom. The second-order valence-corrected chi connectivity index (χ2v) is 14.6. The maximum atomic E-state index is 6.65. The van der Waals surface area contributed by atoms with E-state index in [0.29, 0.717) is 0 Å². The van der Waals surface area contributed by atoms with Gasteiger partial charge in [-0.25, -0.2) is 0 Å². The predicted molar refractivity (Wildman–Crippen MR) is 231 cm³/mol. The van der Waals surface area contributed by atoms with Crippen LogP contribution in [0.25, 0.3) is 82.5 Å². The molecule has 9 aromatic carbocycles. The molecule has 0 saturated heterocycles. The Bertz CT molecular complexity index is 3360. The van der Waals surface area contributed by atoms with E-state index < -0.39 is 0 Å². The molecule has 56 heavy (non-hydrogen) atoms. The van der Waals surface area contributed by atoms with Crippen molar-refractivity contribution < 1.29 is 9.15 Å². The predicted octanol–water partition coefficient (Wildman–Crippen LogP) is 14.7. The van der Waals surface area contributed by atoms with Crippen LogP contribution in [0.1, 0.15) is 0 Å². The number of rotatable bonds is 4. The minimum absolute atomic E-state index is 0.823. The summed E-state index contributed by atoms with van der Waals surface area (Å²) in [6, 6.07) is 69.1. The fourth-order valence-electron chi connectivity index (χ4n) is 8.70. The topological polar surface area (TPSA) is 30.5 Å². The number of benzene rings is 9. The molecule has 3 heterocycles. The van der Waals surface area contributed by atoms with Gasteiger partial charge in [-0.3, -0.25) is 0 Å². The third kappa shape index (κ3) is 4.73. The van der Waals surface area contributed by atoms with Crippen molar-refractivity contribution in [1.82, 2.24) is 4.57 Å².